The lowest BCUT2D eigenvalue weighted by Gasteiger charge is -2.13. The summed E-state index contributed by atoms with van der Waals surface area (Å²) in [5.41, 5.74) is 2.21. The molecule has 0 aliphatic heterocycles. The molecule has 0 atom stereocenters. The lowest BCUT2D eigenvalue weighted by molar-refractivity contribution is 0.0601. The van der Waals surface area contributed by atoms with Gasteiger partial charge in [-0.15, -0.1) is 0 Å². The zero-order valence-corrected chi connectivity index (χ0v) is 17.0. The fourth-order valence-electron chi connectivity index (χ4n) is 2.45. The Morgan fingerprint density at radius 3 is 2.59 bits per heavy atom. The van der Waals surface area contributed by atoms with Crippen molar-refractivity contribution in [2.45, 2.75) is 19.8 Å². The maximum Gasteiger partial charge on any atom is 0.337 e. The number of anilines is 1. The predicted octanol–water partition coefficient (Wildman–Crippen LogP) is 4.44. The van der Waals surface area contributed by atoms with E-state index in [1.807, 2.05) is 19.1 Å². The first kappa shape index (κ1) is 21.0. The highest BCUT2D eigenvalue weighted by molar-refractivity contribution is 7.80. The number of methoxy groups -OCH3 is 1. The number of halogens is 1. The molecule has 0 saturated carbocycles. The normalized spacial score (nSPS) is 10.2. The Kier molecular flexibility index (Phi) is 8.36. The summed E-state index contributed by atoms with van der Waals surface area (Å²) in [4.78, 5) is 11.6. The van der Waals surface area contributed by atoms with Crippen LogP contribution < -0.4 is 15.4 Å². The number of benzene rings is 2. The van der Waals surface area contributed by atoms with Gasteiger partial charge in [-0.25, -0.2) is 4.79 Å². The number of hydrogen-bond acceptors (Lipinski definition) is 4. The van der Waals surface area contributed by atoms with Crippen LogP contribution in [0.5, 0.6) is 5.75 Å². The highest BCUT2D eigenvalue weighted by Gasteiger charge is 2.10. The molecule has 0 bridgehead atoms. The molecule has 0 heterocycles. The molecule has 0 radical (unpaired) electrons. The zero-order chi connectivity index (χ0) is 19.6. The summed E-state index contributed by atoms with van der Waals surface area (Å²) in [6.45, 7) is 3.35. The van der Waals surface area contributed by atoms with Gasteiger partial charge in [-0.3, -0.25) is 0 Å². The molecule has 2 rings (SSSR count). The Bertz CT molecular complexity index is 781. The molecular weight excluding hydrogens is 384 g/mol. The molecule has 0 amide bonds. The predicted molar refractivity (Wildman–Crippen MR) is 113 cm³/mol. The van der Waals surface area contributed by atoms with Gasteiger partial charge in [0.25, 0.3) is 0 Å². The van der Waals surface area contributed by atoms with Gasteiger partial charge in [0, 0.05) is 6.54 Å². The van der Waals surface area contributed by atoms with Crippen LogP contribution in [-0.2, 0) is 11.2 Å². The quantitative estimate of drug-likeness (QED) is 0.384. The van der Waals surface area contributed by atoms with Crippen molar-refractivity contribution in [1.29, 1.82) is 0 Å². The summed E-state index contributed by atoms with van der Waals surface area (Å²) < 4.78 is 10.1. The van der Waals surface area contributed by atoms with Crippen molar-refractivity contribution in [3.05, 3.63) is 58.6 Å². The van der Waals surface area contributed by atoms with Crippen LogP contribution in [0.3, 0.4) is 0 Å². The number of rotatable bonds is 8. The van der Waals surface area contributed by atoms with Crippen molar-refractivity contribution in [1.82, 2.24) is 5.32 Å². The minimum absolute atomic E-state index is 0.405. The topological polar surface area (TPSA) is 59.6 Å². The molecule has 0 aliphatic carbocycles. The first-order valence-electron chi connectivity index (χ1n) is 8.68. The molecule has 2 aromatic carbocycles. The SMILES string of the molecule is CCOc1ccc(CCCNC(=S)Nc2cc(C(=O)OC)ccc2Cl)cc1. The van der Waals surface area contributed by atoms with Gasteiger partial charge in [-0.05, 0) is 67.9 Å². The van der Waals surface area contributed by atoms with Gasteiger partial charge in [-0.2, -0.15) is 0 Å². The summed E-state index contributed by atoms with van der Waals surface area (Å²) in [7, 11) is 1.33. The van der Waals surface area contributed by atoms with Gasteiger partial charge in [0.15, 0.2) is 5.11 Å². The third-order valence-corrected chi connectivity index (χ3v) is 4.37. The standard InChI is InChI=1S/C20H23ClN2O3S/c1-3-26-16-9-6-14(7-10-16)5-4-12-22-20(27)23-18-13-15(19(24)25-2)8-11-17(18)21/h6-11,13H,3-5,12H2,1-2H3,(H2,22,23,27). The maximum absolute atomic E-state index is 11.6. The Balaban J connectivity index is 1.78. The number of nitrogens with one attached hydrogen (secondary N) is 2. The highest BCUT2D eigenvalue weighted by atomic mass is 35.5. The Labute approximate surface area is 170 Å². The number of thiocarbonyl (C=S) groups is 1. The van der Waals surface area contributed by atoms with Crippen LogP contribution in [0, 0.1) is 0 Å². The van der Waals surface area contributed by atoms with Gasteiger partial charge in [0.2, 0.25) is 0 Å². The van der Waals surface area contributed by atoms with Crippen LogP contribution in [0.2, 0.25) is 5.02 Å². The largest absolute Gasteiger partial charge is 0.494 e. The van der Waals surface area contributed by atoms with Gasteiger partial charge in [0.1, 0.15) is 5.75 Å². The van der Waals surface area contributed by atoms with Crippen molar-refractivity contribution in [3.8, 4) is 5.75 Å². The summed E-state index contributed by atoms with van der Waals surface area (Å²) >= 11 is 11.4. The van der Waals surface area contributed by atoms with Gasteiger partial charge < -0.3 is 20.1 Å². The second-order valence-corrected chi connectivity index (χ2v) is 6.56. The molecule has 7 heteroatoms. The van der Waals surface area contributed by atoms with E-state index in [4.69, 9.17) is 33.3 Å². The molecule has 27 heavy (non-hydrogen) atoms. The maximum atomic E-state index is 11.6. The lowest BCUT2D eigenvalue weighted by atomic mass is 10.1. The molecule has 0 unspecified atom stereocenters. The molecule has 2 aromatic rings. The first-order valence-corrected chi connectivity index (χ1v) is 9.46. The number of carbonyl (C=O) groups is 1. The third-order valence-electron chi connectivity index (χ3n) is 3.80. The Hall–Kier alpha value is -2.31. The van der Waals surface area contributed by atoms with Crippen molar-refractivity contribution >= 4 is 40.6 Å². The van der Waals surface area contributed by atoms with E-state index in [2.05, 4.69) is 22.8 Å². The number of ether oxygens (including phenoxy) is 2. The Morgan fingerprint density at radius 1 is 1.19 bits per heavy atom. The van der Waals surface area contributed by atoms with E-state index in [0.29, 0.717) is 34.5 Å². The molecular formula is C20H23ClN2O3S. The van der Waals surface area contributed by atoms with Crippen LogP contribution in [0.25, 0.3) is 0 Å². The monoisotopic (exact) mass is 406 g/mol. The van der Waals surface area contributed by atoms with Crippen LogP contribution in [0.15, 0.2) is 42.5 Å². The Morgan fingerprint density at radius 2 is 1.93 bits per heavy atom. The smallest absolute Gasteiger partial charge is 0.337 e. The summed E-state index contributed by atoms with van der Waals surface area (Å²) in [5, 5.41) is 7.08. The highest BCUT2D eigenvalue weighted by Crippen LogP contribution is 2.23. The molecule has 0 spiro atoms. The summed E-state index contributed by atoms with van der Waals surface area (Å²) in [5.74, 6) is 0.458. The van der Waals surface area contributed by atoms with Crippen LogP contribution in [-0.4, -0.2) is 31.3 Å². The van der Waals surface area contributed by atoms with E-state index in [0.717, 1.165) is 18.6 Å². The second-order valence-electron chi connectivity index (χ2n) is 5.75. The average molecular weight is 407 g/mol. The summed E-state index contributed by atoms with van der Waals surface area (Å²) in [6.07, 6.45) is 1.85. The average Bonchev–Trinajstić information content (AvgIpc) is 2.68. The second kappa shape index (κ2) is 10.7. The van der Waals surface area contributed by atoms with Crippen LogP contribution in [0.4, 0.5) is 5.69 Å². The van der Waals surface area contributed by atoms with Crippen molar-refractivity contribution in [2.24, 2.45) is 0 Å². The van der Waals surface area contributed by atoms with E-state index >= 15 is 0 Å². The van der Waals surface area contributed by atoms with E-state index in [-0.39, 0.29) is 0 Å². The fraction of sp³-hybridized carbons (Fsp3) is 0.300. The van der Waals surface area contributed by atoms with E-state index < -0.39 is 5.97 Å². The zero-order valence-electron chi connectivity index (χ0n) is 15.4. The molecule has 0 saturated heterocycles. The fourth-order valence-corrected chi connectivity index (χ4v) is 2.82. The minimum atomic E-state index is -0.427. The summed E-state index contributed by atoms with van der Waals surface area (Å²) in [6, 6.07) is 12.9. The van der Waals surface area contributed by atoms with E-state index in [1.165, 1.54) is 12.7 Å². The van der Waals surface area contributed by atoms with Gasteiger partial charge in [-0.1, -0.05) is 23.7 Å². The van der Waals surface area contributed by atoms with Gasteiger partial charge in [0.05, 0.1) is 30.0 Å². The number of aryl methyl sites for hydroxylation is 1. The lowest BCUT2D eigenvalue weighted by Crippen LogP contribution is -2.29. The van der Waals surface area contributed by atoms with Crippen LogP contribution in [0.1, 0.15) is 29.3 Å². The minimum Gasteiger partial charge on any atom is -0.494 e. The van der Waals surface area contributed by atoms with Crippen molar-refractivity contribution in [2.75, 3.05) is 25.6 Å². The first-order chi connectivity index (χ1) is 13.0. The van der Waals surface area contributed by atoms with Crippen molar-refractivity contribution in [3.63, 3.8) is 0 Å². The van der Waals surface area contributed by atoms with E-state index in [9.17, 15) is 4.79 Å². The molecule has 2 N–H and O–H groups in total. The molecule has 144 valence electrons. The van der Waals surface area contributed by atoms with E-state index in [1.54, 1.807) is 18.2 Å². The number of carbonyl (C=O) groups excluding carboxylic acids is 1. The van der Waals surface area contributed by atoms with Crippen LogP contribution >= 0.6 is 23.8 Å². The number of esters is 1. The molecule has 5 nitrogen and oxygen atoms in total. The molecule has 0 aliphatic rings. The third kappa shape index (κ3) is 6.73. The number of hydrogen-bond donors (Lipinski definition) is 2. The molecule has 0 fully saturated rings. The molecule has 0 aromatic heterocycles. The van der Waals surface area contributed by atoms with Crippen molar-refractivity contribution < 1.29 is 14.3 Å². The van der Waals surface area contributed by atoms with Gasteiger partial charge >= 0.3 is 5.97 Å².